The normalized spacial score (nSPS) is 11.0. The van der Waals surface area contributed by atoms with Crippen LogP contribution in [-0.2, 0) is 6.54 Å². The fourth-order valence-electron chi connectivity index (χ4n) is 3.30. The van der Waals surface area contributed by atoms with Gasteiger partial charge in [-0.2, -0.15) is 0 Å². The van der Waals surface area contributed by atoms with Crippen molar-refractivity contribution in [2.75, 3.05) is 0 Å². The second-order valence-corrected chi connectivity index (χ2v) is 8.51. The van der Waals surface area contributed by atoms with Gasteiger partial charge in [0.25, 0.3) is 5.91 Å². The first kappa shape index (κ1) is 21.7. The van der Waals surface area contributed by atoms with Crippen LogP contribution in [-0.4, -0.2) is 16.0 Å². The molecule has 0 atom stereocenters. The van der Waals surface area contributed by atoms with Crippen LogP contribution in [0.25, 0.3) is 22.6 Å². The third kappa shape index (κ3) is 5.03. The SMILES string of the molecule is Cc1ccc(C(=O)NC(=S)NCc2ccc(-c3nc4cc(C(C)C)ccc4o3)cc2)cc1. The van der Waals surface area contributed by atoms with Crippen molar-refractivity contribution in [2.45, 2.75) is 33.2 Å². The summed E-state index contributed by atoms with van der Waals surface area (Å²) in [5.41, 5.74) is 6.50. The fourth-order valence-corrected chi connectivity index (χ4v) is 3.46. The fraction of sp³-hybridized carbons (Fsp3) is 0.192. The first-order valence-electron chi connectivity index (χ1n) is 10.5. The van der Waals surface area contributed by atoms with Gasteiger partial charge in [-0.25, -0.2) is 4.98 Å². The number of benzene rings is 3. The number of amides is 1. The van der Waals surface area contributed by atoms with Gasteiger partial charge in [-0.05, 0) is 72.6 Å². The smallest absolute Gasteiger partial charge is 0.257 e. The summed E-state index contributed by atoms with van der Waals surface area (Å²) in [5.74, 6) is 0.815. The van der Waals surface area contributed by atoms with E-state index in [9.17, 15) is 4.79 Å². The summed E-state index contributed by atoms with van der Waals surface area (Å²) < 4.78 is 5.93. The minimum Gasteiger partial charge on any atom is -0.436 e. The Hall–Kier alpha value is -3.51. The molecule has 1 amide bonds. The third-order valence-corrected chi connectivity index (χ3v) is 5.52. The van der Waals surface area contributed by atoms with Gasteiger partial charge in [0.05, 0.1) is 0 Å². The molecular weight excluding hydrogens is 418 g/mol. The van der Waals surface area contributed by atoms with E-state index in [1.54, 1.807) is 12.1 Å². The van der Waals surface area contributed by atoms with Gasteiger partial charge < -0.3 is 9.73 Å². The Morgan fingerprint density at radius 2 is 1.75 bits per heavy atom. The molecule has 0 spiro atoms. The molecule has 4 aromatic rings. The molecule has 0 saturated carbocycles. The maximum Gasteiger partial charge on any atom is 0.257 e. The van der Waals surface area contributed by atoms with Crippen LogP contribution in [0.3, 0.4) is 0 Å². The Labute approximate surface area is 192 Å². The number of carbonyl (C=O) groups excluding carboxylic acids is 1. The molecule has 3 aromatic carbocycles. The van der Waals surface area contributed by atoms with Gasteiger partial charge in [-0.1, -0.05) is 49.7 Å². The van der Waals surface area contributed by atoms with Crippen molar-refractivity contribution in [1.82, 2.24) is 15.6 Å². The number of rotatable bonds is 5. The van der Waals surface area contributed by atoms with Gasteiger partial charge in [0.15, 0.2) is 10.7 Å². The van der Waals surface area contributed by atoms with Gasteiger partial charge in [0.1, 0.15) is 5.52 Å². The molecule has 4 rings (SSSR count). The molecule has 32 heavy (non-hydrogen) atoms. The van der Waals surface area contributed by atoms with Crippen molar-refractivity contribution >= 4 is 34.3 Å². The standard InChI is InChI=1S/C26H25N3O2S/c1-16(2)21-12-13-23-22(14-21)28-25(31-23)20-10-6-18(7-11-20)15-27-26(32)29-24(30)19-8-4-17(3)5-9-19/h4-14,16H,15H2,1-3H3,(H2,27,29,30,32). The van der Waals surface area contributed by atoms with Crippen LogP contribution in [0.2, 0.25) is 0 Å². The molecule has 0 aliphatic rings. The Balaban J connectivity index is 1.36. The molecule has 1 heterocycles. The minimum absolute atomic E-state index is 0.227. The molecule has 6 heteroatoms. The van der Waals surface area contributed by atoms with Gasteiger partial charge in [-0.15, -0.1) is 0 Å². The molecule has 5 nitrogen and oxygen atoms in total. The number of fused-ring (bicyclic) bond motifs is 1. The molecule has 0 bridgehead atoms. The zero-order valence-corrected chi connectivity index (χ0v) is 19.1. The summed E-state index contributed by atoms with van der Waals surface area (Å²) in [4.78, 5) is 16.9. The summed E-state index contributed by atoms with van der Waals surface area (Å²) >= 11 is 5.25. The van der Waals surface area contributed by atoms with E-state index in [4.69, 9.17) is 16.6 Å². The molecule has 2 N–H and O–H groups in total. The summed E-state index contributed by atoms with van der Waals surface area (Å²) in [7, 11) is 0. The largest absolute Gasteiger partial charge is 0.436 e. The van der Waals surface area contributed by atoms with E-state index in [2.05, 4.69) is 41.6 Å². The number of oxazole rings is 1. The molecule has 0 aliphatic heterocycles. The van der Waals surface area contributed by atoms with Crippen LogP contribution in [0.5, 0.6) is 0 Å². The van der Waals surface area contributed by atoms with Gasteiger partial charge in [-0.3, -0.25) is 10.1 Å². The molecule has 0 aliphatic carbocycles. The lowest BCUT2D eigenvalue weighted by Crippen LogP contribution is -2.38. The highest BCUT2D eigenvalue weighted by atomic mass is 32.1. The predicted molar refractivity (Wildman–Crippen MR) is 132 cm³/mol. The second kappa shape index (κ2) is 9.32. The van der Waals surface area contributed by atoms with E-state index in [0.717, 1.165) is 27.8 Å². The van der Waals surface area contributed by atoms with Crippen molar-refractivity contribution in [3.05, 3.63) is 89.0 Å². The van der Waals surface area contributed by atoms with Crippen molar-refractivity contribution in [1.29, 1.82) is 0 Å². The maximum absolute atomic E-state index is 12.3. The molecule has 0 fully saturated rings. The summed E-state index contributed by atoms with van der Waals surface area (Å²) in [6, 6.07) is 21.4. The van der Waals surface area contributed by atoms with Crippen LogP contribution in [0.4, 0.5) is 0 Å². The lowest BCUT2D eigenvalue weighted by atomic mass is 10.0. The number of nitrogens with zero attached hydrogens (tertiary/aromatic N) is 1. The zero-order chi connectivity index (χ0) is 22.7. The number of carbonyl (C=O) groups is 1. The second-order valence-electron chi connectivity index (χ2n) is 8.10. The molecule has 0 saturated heterocycles. The molecule has 0 radical (unpaired) electrons. The van der Waals surface area contributed by atoms with Crippen LogP contribution in [0.15, 0.2) is 71.1 Å². The van der Waals surface area contributed by atoms with E-state index >= 15 is 0 Å². The minimum atomic E-state index is -0.227. The lowest BCUT2D eigenvalue weighted by molar-refractivity contribution is 0.0976. The number of thiocarbonyl (C=S) groups is 1. The van der Waals surface area contributed by atoms with Crippen molar-refractivity contribution in [2.24, 2.45) is 0 Å². The third-order valence-electron chi connectivity index (χ3n) is 5.27. The Morgan fingerprint density at radius 3 is 2.44 bits per heavy atom. The average Bonchev–Trinajstić information content (AvgIpc) is 3.22. The van der Waals surface area contributed by atoms with Crippen molar-refractivity contribution in [3.8, 4) is 11.5 Å². The number of hydrogen-bond acceptors (Lipinski definition) is 4. The Morgan fingerprint density at radius 1 is 1.03 bits per heavy atom. The van der Waals surface area contributed by atoms with Crippen LogP contribution in [0.1, 0.15) is 46.8 Å². The van der Waals surface area contributed by atoms with Gasteiger partial charge in [0.2, 0.25) is 5.89 Å². The summed E-state index contributed by atoms with van der Waals surface area (Å²) in [6.07, 6.45) is 0. The molecule has 162 valence electrons. The Kier molecular flexibility index (Phi) is 6.32. The van der Waals surface area contributed by atoms with E-state index < -0.39 is 0 Å². The highest BCUT2D eigenvalue weighted by Crippen LogP contribution is 2.27. The number of aryl methyl sites for hydroxylation is 1. The molecular formula is C26H25N3O2S. The van der Waals surface area contributed by atoms with E-state index in [0.29, 0.717) is 29.0 Å². The zero-order valence-electron chi connectivity index (χ0n) is 18.3. The number of hydrogen-bond donors (Lipinski definition) is 2. The van der Waals surface area contributed by atoms with Crippen LogP contribution in [0, 0.1) is 6.92 Å². The van der Waals surface area contributed by atoms with Crippen molar-refractivity contribution < 1.29 is 9.21 Å². The number of aromatic nitrogens is 1. The molecule has 0 unspecified atom stereocenters. The topological polar surface area (TPSA) is 67.2 Å². The average molecular weight is 444 g/mol. The van der Waals surface area contributed by atoms with E-state index in [1.165, 1.54) is 5.56 Å². The Bertz CT molecular complexity index is 1260. The van der Waals surface area contributed by atoms with E-state index in [1.807, 2.05) is 49.4 Å². The van der Waals surface area contributed by atoms with Crippen LogP contribution >= 0.6 is 12.2 Å². The number of nitrogens with one attached hydrogen (secondary N) is 2. The quantitative estimate of drug-likeness (QED) is 0.386. The van der Waals surface area contributed by atoms with Gasteiger partial charge in [0, 0.05) is 17.7 Å². The highest BCUT2D eigenvalue weighted by Gasteiger charge is 2.11. The van der Waals surface area contributed by atoms with Crippen molar-refractivity contribution in [3.63, 3.8) is 0 Å². The van der Waals surface area contributed by atoms with Gasteiger partial charge >= 0.3 is 0 Å². The monoisotopic (exact) mass is 443 g/mol. The maximum atomic E-state index is 12.3. The lowest BCUT2D eigenvalue weighted by Gasteiger charge is -2.10. The summed E-state index contributed by atoms with van der Waals surface area (Å²) in [5, 5.41) is 6.07. The summed E-state index contributed by atoms with van der Waals surface area (Å²) in [6.45, 7) is 6.80. The van der Waals surface area contributed by atoms with E-state index in [-0.39, 0.29) is 5.91 Å². The predicted octanol–water partition coefficient (Wildman–Crippen LogP) is 5.73. The highest BCUT2D eigenvalue weighted by molar-refractivity contribution is 7.80. The first-order valence-corrected chi connectivity index (χ1v) is 11.0. The first-order chi connectivity index (χ1) is 15.4. The van der Waals surface area contributed by atoms with Crippen LogP contribution < -0.4 is 10.6 Å². The molecule has 1 aromatic heterocycles.